The van der Waals surface area contributed by atoms with Gasteiger partial charge in [0.05, 0.1) is 30.0 Å². The first-order chi connectivity index (χ1) is 16.7. The van der Waals surface area contributed by atoms with E-state index in [1.54, 1.807) is 30.2 Å². The Kier molecular flexibility index (Phi) is 6.97. The Morgan fingerprint density at radius 1 is 1.06 bits per heavy atom. The van der Waals surface area contributed by atoms with Crippen molar-refractivity contribution >= 4 is 39.2 Å². The zero-order chi connectivity index (χ0) is 25.0. The van der Waals surface area contributed by atoms with Crippen molar-refractivity contribution in [1.29, 1.82) is 0 Å². The normalized spacial score (nSPS) is 16.0. The van der Waals surface area contributed by atoms with E-state index in [1.165, 1.54) is 6.20 Å². The molecule has 0 spiro atoms. The van der Waals surface area contributed by atoms with Crippen molar-refractivity contribution < 1.29 is 18.0 Å². The first kappa shape index (κ1) is 24.1. The van der Waals surface area contributed by atoms with Gasteiger partial charge in [0, 0.05) is 17.8 Å². The van der Waals surface area contributed by atoms with Gasteiger partial charge in [-0.1, -0.05) is 30.3 Å². The van der Waals surface area contributed by atoms with E-state index in [2.05, 4.69) is 25.3 Å². The highest BCUT2D eigenvalue weighted by Crippen LogP contribution is 2.31. The topological polar surface area (TPSA) is 133 Å². The number of anilines is 3. The molecule has 11 heteroatoms. The van der Waals surface area contributed by atoms with Gasteiger partial charge in [-0.3, -0.25) is 19.8 Å². The van der Waals surface area contributed by atoms with Crippen LogP contribution in [0, 0.1) is 6.92 Å². The number of hydrogen-bond acceptors (Lipinski definition) is 6. The average molecular weight is 495 g/mol. The maximum atomic E-state index is 13.1. The summed E-state index contributed by atoms with van der Waals surface area (Å²) in [5.74, 6) is 0.0998. The molecule has 4 rings (SSSR count). The molecule has 182 valence electrons. The molecule has 0 unspecified atom stereocenters. The molecule has 3 N–H and O–H groups in total. The van der Waals surface area contributed by atoms with Crippen LogP contribution in [-0.2, 0) is 14.8 Å². The number of aryl methyl sites for hydroxylation is 1. The molecule has 3 amide bonds. The first-order valence-electron chi connectivity index (χ1n) is 11.0. The third-order valence-corrected chi connectivity index (χ3v) is 6.07. The van der Waals surface area contributed by atoms with Gasteiger partial charge in [-0.2, -0.15) is 0 Å². The number of benzene rings is 2. The fourth-order valence-corrected chi connectivity index (χ4v) is 4.46. The number of nitrogens with one attached hydrogen (secondary N) is 3. The first-order valence-corrected chi connectivity index (χ1v) is 12.9. The second-order valence-electron chi connectivity index (χ2n) is 8.29. The third kappa shape index (κ3) is 6.12. The van der Waals surface area contributed by atoms with E-state index in [-0.39, 0.29) is 5.91 Å². The zero-order valence-electron chi connectivity index (χ0n) is 19.4. The van der Waals surface area contributed by atoms with Crippen LogP contribution in [0.4, 0.5) is 22.0 Å². The lowest BCUT2D eigenvalue weighted by molar-refractivity contribution is -0.121. The van der Waals surface area contributed by atoms with Crippen LogP contribution in [-0.4, -0.2) is 49.2 Å². The van der Waals surface area contributed by atoms with Gasteiger partial charge in [0.15, 0.2) is 5.82 Å². The number of piperidine rings is 1. The van der Waals surface area contributed by atoms with Crippen LogP contribution in [0.3, 0.4) is 0 Å². The van der Waals surface area contributed by atoms with Crippen LogP contribution in [0.25, 0.3) is 11.1 Å². The van der Waals surface area contributed by atoms with Crippen LogP contribution in [0.15, 0.2) is 60.9 Å². The number of aromatic nitrogens is 2. The van der Waals surface area contributed by atoms with Crippen LogP contribution in [0.2, 0.25) is 0 Å². The summed E-state index contributed by atoms with van der Waals surface area (Å²) in [6.07, 6.45) is 5.36. The highest BCUT2D eigenvalue weighted by atomic mass is 32.2. The highest BCUT2D eigenvalue weighted by Gasteiger charge is 2.31. The predicted octanol–water partition coefficient (Wildman–Crippen LogP) is 3.14. The summed E-state index contributed by atoms with van der Waals surface area (Å²) < 4.78 is 25.9. The molecule has 0 bridgehead atoms. The Bertz CT molecular complexity index is 1330. The summed E-state index contributed by atoms with van der Waals surface area (Å²) in [5.41, 5.74) is 3.44. The van der Waals surface area contributed by atoms with E-state index in [1.807, 2.05) is 36.4 Å². The molecule has 0 radical (unpaired) electrons. The van der Waals surface area contributed by atoms with Crippen molar-refractivity contribution in [3.63, 3.8) is 0 Å². The maximum absolute atomic E-state index is 13.1. The number of sulfonamides is 1. The minimum absolute atomic E-state index is 0.201. The molecule has 10 nitrogen and oxygen atoms in total. The fourth-order valence-electron chi connectivity index (χ4n) is 3.88. The number of rotatable bonds is 6. The van der Waals surface area contributed by atoms with Gasteiger partial charge in [0.25, 0.3) is 0 Å². The Hall–Kier alpha value is -3.99. The number of para-hydroxylation sites is 1. The van der Waals surface area contributed by atoms with Gasteiger partial charge in [-0.05, 0) is 43.5 Å². The van der Waals surface area contributed by atoms with Crippen LogP contribution in [0.5, 0.6) is 0 Å². The molecular weight excluding hydrogens is 468 g/mol. The van der Waals surface area contributed by atoms with Crippen LogP contribution in [0.1, 0.15) is 18.5 Å². The lowest BCUT2D eigenvalue weighted by atomic mass is 10.0. The van der Waals surface area contributed by atoms with Gasteiger partial charge in [0.1, 0.15) is 6.04 Å². The number of nitrogens with zero attached hydrogens (tertiary/aromatic N) is 3. The van der Waals surface area contributed by atoms with E-state index < -0.39 is 22.1 Å². The summed E-state index contributed by atoms with van der Waals surface area (Å²) in [6, 6.07) is 13.2. The molecule has 1 aliphatic heterocycles. The number of amides is 3. The molecule has 1 atom stereocenters. The Morgan fingerprint density at radius 2 is 1.80 bits per heavy atom. The molecule has 3 aromatic rings. The van der Waals surface area contributed by atoms with Crippen molar-refractivity contribution in [3.05, 3.63) is 66.6 Å². The lowest BCUT2D eigenvalue weighted by Crippen LogP contribution is -2.53. The van der Waals surface area contributed by atoms with Gasteiger partial charge >= 0.3 is 6.03 Å². The second kappa shape index (κ2) is 10.1. The summed E-state index contributed by atoms with van der Waals surface area (Å²) in [4.78, 5) is 35.3. The van der Waals surface area contributed by atoms with Crippen molar-refractivity contribution in [3.8, 4) is 11.1 Å². The molecule has 1 fully saturated rings. The van der Waals surface area contributed by atoms with Crippen molar-refractivity contribution in [2.75, 3.05) is 27.7 Å². The molecule has 1 saturated heterocycles. The van der Waals surface area contributed by atoms with E-state index in [9.17, 15) is 18.0 Å². The van der Waals surface area contributed by atoms with E-state index in [0.717, 1.165) is 29.5 Å². The summed E-state index contributed by atoms with van der Waals surface area (Å²) in [5, 5.41) is 5.32. The molecular formula is C24H26N6O4S. The number of urea groups is 1. The van der Waals surface area contributed by atoms with Crippen molar-refractivity contribution in [2.24, 2.45) is 0 Å². The van der Waals surface area contributed by atoms with E-state index in [4.69, 9.17) is 0 Å². The predicted molar refractivity (Wildman–Crippen MR) is 135 cm³/mol. The maximum Gasteiger partial charge on any atom is 0.321 e. The Balaban J connectivity index is 1.45. The lowest BCUT2D eigenvalue weighted by Gasteiger charge is -2.32. The summed E-state index contributed by atoms with van der Waals surface area (Å²) >= 11 is 0. The largest absolute Gasteiger partial charge is 0.326 e. The van der Waals surface area contributed by atoms with Crippen LogP contribution >= 0.6 is 0 Å². The number of carbonyl (C=O) groups excluding carboxylic acids is 2. The smallest absolute Gasteiger partial charge is 0.321 e. The molecule has 1 aliphatic rings. The van der Waals surface area contributed by atoms with Gasteiger partial charge in [-0.25, -0.2) is 18.2 Å². The Labute approximate surface area is 203 Å². The third-order valence-electron chi connectivity index (χ3n) is 5.48. The zero-order valence-corrected chi connectivity index (χ0v) is 20.2. The minimum Gasteiger partial charge on any atom is -0.326 e. The fraction of sp³-hybridized carbons (Fsp3) is 0.250. The molecule has 2 aromatic carbocycles. The van der Waals surface area contributed by atoms with Crippen molar-refractivity contribution in [1.82, 2.24) is 15.3 Å². The van der Waals surface area contributed by atoms with Gasteiger partial charge in [-0.15, -0.1) is 0 Å². The molecule has 35 heavy (non-hydrogen) atoms. The summed E-state index contributed by atoms with van der Waals surface area (Å²) in [7, 11) is -3.43. The molecule has 0 aliphatic carbocycles. The van der Waals surface area contributed by atoms with Gasteiger partial charge < -0.3 is 10.2 Å². The Morgan fingerprint density at radius 3 is 2.49 bits per heavy atom. The molecule has 2 heterocycles. The van der Waals surface area contributed by atoms with Crippen LogP contribution < -0.4 is 20.3 Å². The van der Waals surface area contributed by atoms with E-state index >= 15 is 0 Å². The minimum atomic E-state index is -3.43. The molecule has 0 saturated carbocycles. The van der Waals surface area contributed by atoms with Gasteiger partial charge in [0.2, 0.25) is 15.9 Å². The standard InChI is InChI=1S/C24H26N6O4S/c1-16-14-26-22(15-25-16)28-24(32)27-21-8-5-13-30(23(21)31)18-11-9-17(10-12-18)19-6-3-4-7-20(19)29-35(2,33)34/h3-4,6-7,9-12,14-15,21,29H,5,8,13H2,1-2H3,(H2,26,27,28,32)/t21-/m1/s1. The summed E-state index contributed by atoms with van der Waals surface area (Å²) in [6.45, 7) is 2.33. The number of carbonyl (C=O) groups is 2. The average Bonchev–Trinajstić information content (AvgIpc) is 2.81. The molecule has 1 aromatic heterocycles. The number of hydrogen-bond donors (Lipinski definition) is 3. The second-order valence-corrected chi connectivity index (χ2v) is 10.0. The SMILES string of the molecule is Cc1cnc(NC(=O)N[C@@H]2CCCN(c3ccc(-c4ccccc4NS(C)(=O)=O)cc3)C2=O)cn1. The van der Waals surface area contributed by atoms with Crippen molar-refractivity contribution in [2.45, 2.75) is 25.8 Å². The highest BCUT2D eigenvalue weighted by molar-refractivity contribution is 7.92. The monoisotopic (exact) mass is 494 g/mol. The van der Waals surface area contributed by atoms with E-state index in [0.29, 0.717) is 30.2 Å². The quantitative estimate of drug-likeness (QED) is 0.482.